The van der Waals surface area contributed by atoms with E-state index in [0.717, 1.165) is 12.1 Å². The van der Waals surface area contributed by atoms with Gasteiger partial charge in [0.05, 0.1) is 10.2 Å². The largest absolute Gasteiger partial charge is 0.310 e. The molecule has 0 spiro atoms. The summed E-state index contributed by atoms with van der Waals surface area (Å²) < 4.78 is 26.6. The molecule has 2 rings (SSSR count). The molecular weight excluding hydrogens is 292 g/mol. The third-order valence-corrected chi connectivity index (χ3v) is 3.54. The number of amides is 1. The first-order chi connectivity index (χ1) is 8.02. The lowest BCUT2D eigenvalue weighted by Crippen LogP contribution is -2.25. The van der Waals surface area contributed by atoms with E-state index >= 15 is 0 Å². The maximum absolute atomic E-state index is 13.4. The maximum Gasteiger partial charge on any atom is 0.227 e. The molecule has 1 heterocycles. The summed E-state index contributed by atoms with van der Waals surface area (Å²) >= 11 is 3.03. The summed E-state index contributed by atoms with van der Waals surface area (Å²) in [5.74, 6) is -1.54. The summed E-state index contributed by atoms with van der Waals surface area (Å²) in [6.45, 7) is 4.03. The van der Waals surface area contributed by atoms with Crippen LogP contribution in [0.5, 0.6) is 0 Å². The highest BCUT2D eigenvalue weighted by molar-refractivity contribution is 9.10. The van der Waals surface area contributed by atoms with Gasteiger partial charge >= 0.3 is 0 Å². The van der Waals surface area contributed by atoms with Crippen LogP contribution >= 0.6 is 15.9 Å². The molecule has 90 valence electrons. The van der Waals surface area contributed by atoms with Gasteiger partial charge in [-0.1, -0.05) is 6.08 Å². The van der Waals surface area contributed by atoms with Crippen LogP contribution in [0.4, 0.5) is 14.5 Å². The summed E-state index contributed by atoms with van der Waals surface area (Å²) in [6, 6.07) is 1.93. The van der Waals surface area contributed by atoms with Gasteiger partial charge in [-0.25, -0.2) is 8.78 Å². The van der Waals surface area contributed by atoms with E-state index in [9.17, 15) is 13.6 Å². The molecule has 1 unspecified atom stereocenters. The van der Waals surface area contributed by atoms with Crippen LogP contribution in [0.2, 0.25) is 0 Å². The fourth-order valence-corrected chi connectivity index (χ4v) is 2.31. The highest BCUT2D eigenvalue weighted by atomic mass is 79.9. The quantitative estimate of drug-likeness (QED) is 0.606. The van der Waals surface area contributed by atoms with Gasteiger partial charge in [0.25, 0.3) is 0 Å². The van der Waals surface area contributed by atoms with Gasteiger partial charge in [-0.2, -0.15) is 0 Å². The number of carbonyl (C=O) groups is 1. The van der Waals surface area contributed by atoms with Crippen LogP contribution in [0.1, 0.15) is 6.42 Å². The normalized spacial score (nSPS) is 19.8. The molecule has 17 heavy (non-hydrogen) atoms. The van der Waals surface area contributed by atoms with Crippen LogP contribution < -0.4 is 4.90 Å². The molecule has 1 amide bonds. The molecule has 5 heteroatoms. The lowest BCUT2D eigenvalue weighted by Gasteiger charge is -2.18. The van der Waals surface area contributed by atoms with Gasteiger partial charge in [-0.3, -0.25) is 4.79 Å². The van der Waals surface area contributed by atoms with Gasteiger partial charge in [-0.15, -0.1) is 6.58 Å². The summed E-state index contributed by atoms with van der Waals surface area (Å²) in [6.07, 6.45) is 2.01. The van der Waals surface area contributed by atoms with E-state index in [0.29, 0.717) is 13.0 Å². The number of nitrogens with zero attached hydrogens (tertiary/aromatic N) is 1. The van der Waals surface area contributed by atoms with Crippen molar-refractivity contribution in [3.8, 4) is 0 Å². The van der Waals surface area contributed by atoms with Crippen LogP contribution in [0.15, 0.2) is 29.3 Å². The molecule has 1 aromatic carbocycles. The highest BCUT2D eigenvalue weighted by Crippen LogP contribution is 2.34. The monoisotopic (exact) mass is 301 g/mol. The van der Waals surface area contributed by atoms with Crippen molar-refractivity contribution >= 4 is 27.5 Å². The van der Waals surface area contributed by atoms with Crippen LogP contribution in [0, 0.1) is 17.6 Å². The van der Waals surface area contributed by atoms with Gasteiger partial charge in [0.15, 0.2) is 0 Å². The molecule has 0 radical (unpaired) electrons. The Labute approximate surface area is 106 Å². The van der Waals surface area contributed by atoms with E-state index in [-0.39, 0.29) is 22.0 Å². The second-order valence-electron chi connectivity index (χ2n) is 3.92. The molecule has 1 aliphatic rings. The second kappa shape index (κ2) is 4.56. The number of carbonyl (C=O) groups excluding carboxylic acids is 1. The molecule has 0 aromatic heterocycles. The Hall–Kier alpha value is -1.23. The highest BCUT2D eigenvalue weighted by Gasteiger charge is 2.30. The van der Waals surface area contributed by atoms with Crippen LogP contribution in [-0.4, -0.2) is 12.5 Å². The molecule has 0 bridgehead atoms. The molecule has 1 aliphatic heterocycles. The number of anilines is 1. The predicted octanol–water partition coefficient (Wildman–Crippen LogP) is 3.27. The molecule has 1 saturated heterocycles. The average molecular weight is 302 g/mol. The van der Waals surface area contributed by atoms with Crippen molar-refractivity contribution in [2.75, 3.05) is 11.4 Å². The Kier molecular flexibility index (Phi) is 3.28. The van der Waals surface area contributed by atoms with E-state index in [4.69, 9.17) is 0 Å². The Bertz CT molecular complexity index is 490. The number of hydrogen-bond acceptors (Lipinski definition) is 1. The topological polar surface area (TPSA) is 20.3 Å². The molecule has 0 aliphatic carbocycles. The molecule has 1 fully saturated rings. The van der Waals surface area contributed by atoms with Crippen LogP contribution in [0.3, 0.4) is 0 Å². The van der Waals surface area contributed by atoms with Crippen molar-refractivity contribution in [1.82, 2.24) is 0 Å². The molecule has 1 aromatic rings. The van der Waals surface area contributed by atoms with Gasteiger partial charge < -0.3 is 4.90 Å². The standard InChI is InChI=1S/C12H10BrF2NO/c1-2-7-3-11(17)16(6-7)10-5-8(14)4-9(15)12(10)13/h2,4-5,7H,1,3,6H2. The SMILES string of the molecule is C=CC1CC(=O)N(c2cc(F)cc(F)c2Br)C1. The van der Waals surface area contributed by atoms with Crippen molar-refractivity contribution in [2.45, 2.75) is 6.42 Å². The Morgan fingerprint density at radius 2 is 2.18 bits per heavy atom. The molecular formula is C12H10BrF2NO. The number of rotatable bonds is 2. The maximum atomic E-state index is 13.4. The summed E-state index contributed by atoms with van der Waals surface area (Å²) in [4.78, 5) is 13.1. The van der Waals surface area contributed by atoms with E-state index in [1.165, 1.54) is 4.90 Å². The zero-order valence-corrected chi connectivity index (χ0v) is 10.5. The predicted molar refractivity (Wildman–Crippen MR) is 64.7 cm³/mol. The van der Waals surface area contributed by atoms with E-state index in [2.05, 4.69) is 22.5 Å². The zero-order chi connectivity index (χ0) is 12.6. The minimum absolute atomic E-state index is 0.0285. The van der Waals surface area contributed by atoms with E-state index in [1.807, 2.05) is 0 Å². The first kappa shape index (κ1) is 12.2. The Balaban J connectivity index is 2.41. The Morgan fingerprint density at radius 1 is 1.47 bits per heavy atom. The minimum atomic E-state index is -0.713. The molecule has 0 saturated carbocycles. The number of halogens is 3. The lowest BCUT2D eigenvalue weighted by atomic mass is 10.1. The third kappa shape index (κ3) is 2.24. The fraction of sp³-hybridized carbons (Fsp3) is 0.250. The lowest BCUT2D eigenvalue weighted by molar-refractivity contribution is -0.117. The summed E-state index contributed by atoms with van der Waals surface area (Å²) in [5, 5.41) is 0. The molecule has 1 atom stereocenters. The van der Waals surface area contributed by atoms with Crippen molar-refractivity contribution in [3.63, 3.8) is 0 Å². The summed E-state index contributed by atoms with van der Waals surface area (Å²) in [5.41, 5.74) is 0.233. The van der Waals surface area contributed by atoms with Crippen molar-refractivity contribution < 1.29 is 13.6 Å². The number of hydrogen-bond donors (Lipinski definition) is 0. The number of benzene rings is 1. The van der Waals surface area contributed by atoms with E-state index in [1.54, 1.807) is 6.08 Å². The van der Waals surface area contributed by atoms with Gasteiger partial charge in [0.1, 0.15) is 11.6 Å². The van der Waals surface area contributed by atoms with E-state index < -0.39 is 11.6 Å². The van der Waals surface area contributed by atoms with Gasteiger partial charge in [0.2, 0.25) is 5.91 Å². The first-order valence-corrected chi connectivity index (χ1v) is 5.89. The van der Waals surface area contributed by atoms with Gasteiger partial charge in [0, 0.05) is 24.9 Å². The van der Waals surface area contributed by atoms with Crippen molar-refractivity contribution in [2.24, 2.45) is 5.92 Å². The average Bonchev–Trinajstić information content (AvgIpc) is 2.65. The van der Waals surface area contributed by atoms with Crippen LogP contribution in [-0.2, 0) is 4.79 Å². The molecule has 0 N–H and O–H groups in total. The Morgan fingerprint density at radius 3 is 2.76 bits per heavy atom. The zero-order valence-electron chi connectivity index (χ0n) is 8.92. The second-order valence-corrected chi connectivity index (χ2v) is 4.72. The smallest absolute Gasteiger partial charge is 0.227 e. The van der Waals surface area contributed by atoms with Crippen LogP contribution in [0.25, 0.3) is 0 Å². The summed E-state index contributed by atoms with van der Waals surface area (Å²) in [7, 11) is 0. The third-order valence-electron chi connectivity index (χ3n) is 2.75. The minimum Gasteiger partial charge on any atom is -0.310 e. The van der Waals surface area contributed by atoms with Crippen molar-refractivity contribution in [3.05, 3.63) is 40.9 Å². The molecule has 2 nitrogen and oxygen atoms in total. The van der Waals surface area contributed by atoms with Crippen molar-refractivity contribution in [1.29, 1.82) is 0 Å². The first-order valence-electron chi connectivity index (χ1n) is 5.10. The fourth-order valence-electron chi connectivity index (χ4n) is 1.86. The van der Waals surface area contributed by atoms with Gasteiger partial charge in [-0.05, 0) is 22.0 Å².